The first-order valence-electron chi connectivity index (χ1n) is 13.3. The fourth-order valence-corrected chi connectivity index (χ4v) is 5.17. The van der Waals surface area contributed by atoms with Gasteiger partial charge in [-0.15, -0.1) is 4.74 Å². The van der Waals surface area contributed by atoms with Crippen molar-refractivity contribution in [3.8, 4) is 22.6 Å². The number of rotatable bonds is 10. The predicted octanol–water partition coefficient (Wildman–Crippen LogP) is 5.03. The second-order valence-corrected chi connectivity index (χ2v) is 10.5. The van der Waals surface area contributed by atoms with Gasteiger partial charge in [0, 0.05) is 6.42 Å². The first-order chi connectivity index (χ1) is 18.7. The van der Waals surface area contributed by atoms with E-state index in [1.807, 2.05) is 24.3 Å². The smallest absolute Gasteiger partial charge is 0.440 e. The van der Waals surface area contributed by atoms with Crippen molar-refractivity contribution < 1.29 is 19.1 Å². The van der Waals surface area contributed by atoms with Gasteiger partial charge in [-0.3, -0.25) is 0 Å². The fourth-order valence-electron chi connectivity index (χ4n) is 5.17. The Kier molecular flexibility index (Phi) is 7.48. The van der Waals surface area contributed by atoms with Crippen LogP contribution in [0.25, 0.3) is 11.1 Å². The zero-order chi connectivity index (χ0) is 27.6. The third-order valence-corrected chi connectivity index (χ3v) is 7.61. The summed E-state index contributed by atoms with van der Waals surface area (Å²) in [6.45, 7) is 7.40. The minimum atomic E-state index is -0.771. The van der Waals surface area contributed by atoms with Crippen molar-refractivity contribution in [3.63, 3.8) is 0 Å². The van der Waals surface area contributed by atoms with Crippen LogP contribution in [0.15, 0.2) is 68.7 Å². The maximum atomic E-state index is 11.7. The number of aromatic amines is 1. The van der Waals surface area contributed by atoms with Gasteiger partial charge in [0.2, 0.25) is 0 Å². The molecule has 1 aromatic heterocycles. The summed E-state index contributed by atoms with van der Waals surface area (Å²) in [5, 5.41) is 10.3. The standard InChI is InChI=1S/C31H34N2O6/c1-20-16-26(37-15-14-31(36)12-5-13-31)17-21(2)28(20)27-7-4-6-24(22(27)3)19-38-25-10-8-23(9-11-25)18-33-29(34)32-30(35)39-33/h4,6-11,16-17,36H,5,12-15,18-19H2,1-3H3,(H,32,34,35). The molecule has 0 spiro atoms. The van der Waals surface area contributed by atoms with Crippen LogP contribution in [0.4, 0.5) is 0 Å². The maximum absolute atomic E-state index is 11.7. The average molecular weight is 531 g/mol. The van der Waals surface area contributed by atoms with E-state index >= 15 is 0 Å². The van der Waals surface area contributed by atoms with Gasteiger partial charge in [0.25, 0.3) is 0 Å². The van der Waals surface area contributed by atoms with Gasteiger partial charge in [0.05, 0.1) is 18.8 Å². The molecule has 4 aromatic rings. The van der Waals surface area contributed by atoms with Crippen molar-refractivity contribution in [2.45, 2.75) is 65.2 Å². The molecule has 0 amide bonds. The predicted molar refractivity (Wildman–Crippen MR) is 148 cm³/mol. The second kappa shape index (κ2) is 11.0. The molecule has 5 rings (SSSR count). The number of aryl methyl sites for hydroxylation is 2. The van der Waals surface area contributed by atoms with E-state index in [4.69, 9.17) is 14.0 Å². The van der Waals surface area contributed by atoms with E-state index in [9.17, 15) is 14.7 Å². The van der Waals surface area contributed by atoms with Crippen molar-refractivity contribution in [3.05, 3.63) is 103 Å². The molecule has 1 saturated carbocycles. The second-order valence-electron chi connectivity index (χ2n) is 10.5. The molecule has 8 nitrogen and oxygen atoms in total. The van der Waals surface area contributed by atoms with Gasteiger partial charge in [-0.05, 0) is 103 Å². The summed E-state index contributed by atoms with van der Waals surface area (Å²) < 4.78 is 17.9. The third-order valence-electron chi connectivity index (χ3n) is 7.61. The zero-order valence-electron chi connectivity index (χ0n) is 22.6. The molecule has 8 heteroatoms. The Bertz CT molecular complexity index is 1550. The third kappa shape index (κ3) is 6.01. The van der Waals surface area contributed by atoms with E-state index in [0.29, 0.717) is 25.4 Å². The van der Waals surface area contributed by atoms with Gasteiger partial charge >= 0.3 is 11.4 Å². The molecule has 0 bridgehead atoms. The molecule has 1 aliphatic rings. The number of hydrogen-bond donors (Lipinski definition) is 2. The van der Waals surface area contributed by atoms with Crippen LogP contribution in [-0.2, 0) is 13.2 Å². The Morgan fingerprint density at radius 3 is 2.31 bits per heavy atom. The molecule has 1 aliphatic carbocycles. The first kappa shape index (κ1) is 26.6. The van der Waals surface area contributed by atoms with Crippen LogP contribution in [0.5, 0.6) is 11.5 Å². The van der Waals surface area contributed by atoms with E-state index in [-0.39, 0.29) is 6.54 Å². The van der Waals surface area contributed by atoms with Crippen molar-refractivity contribution in [2.75, 3.05) is 6.61 Å². The van der Waals surface area contributed by atoms with Crippen LogP contribution in [0, 0.1) is 20.8 Å². The minimum Gasteiger partial charge on any atom is -0.493 e. The van der Waals surface area contributed by atoms with Gasteiger partial charge in [-0.2, -0.15) is 0 Å². The highest BCUT2D eigenvalue weighted by atomic mass is 16.5. The Hall–Kier alpha value is -4.04. The van der Waals surface area contributed by atoms with Gasteiger partial charge in [-0.1, -0.05) is 30.3 Å². The van der Waals surface area contributed by atoms with Gasteiger partial charge in [0.15, 0.2) is 0 Å². The molecule has 1 fully saturated rings. The molecule has 0 atom stereocenters. The van der Waals surface area contributed by atoms with E-state index in [1.54, 1.807) is 0 Å². The molecule has 1 heterocycles. The van der Waals surface area contributed by atoms with Gasteiger partial charge in [-0.25, -0.2) is 14.6 Å². The first-order valence-corrected chi connectivity index (χ1v) is 13.3. The van der Waals surface area contributed by atoms with Crippen LogP contribution in [0.2, 0.25) is 0 Å². The summed E-state index contributed by atoms with van der Waals surface area (Å²) in [6, 6.07) is 17.7. The number of hydrogen-bond acceptors (Lipinski definition) is 6. The van der Waals surface area contributed by atoms with E-state index in [1.165, 1.54) is 5.56 Å². The van der Waals surface area contributed by atoms with Crippen molar-refractivity contribution in [1.82, 2.24) is 9.72 Å². The van der Waals surface area contributed by atoms with E-state index < -0.39 is 17.0 Å². The average Bonchev–Trinajstić information content (AvgIpc) is 3.20. The van der Waals surface area contributed by atoms with E-state index in [2.05, 4.69) is 56.1 Å². The normalized spacial score (nSPS) is 14.2. The summed E-state index contributed by atoms with van der Waals surface area (Å²) in [7, 11) is 0. The number of aliphatic hydroxyl groups is 1. The van der Waals surface area contributed by atoms with Crippen molar-refractivity contribution in [2.24, 2.45) is 0 Å². The topological polar surface area (TPSA) is 107 Å². The molecule has 39 heavy (non-hydrogen) atoms. The van der Waals surface area contributed by atoms with Crippen molar-refractivity contribution >= 4 is 0 Å². The Labute approximate surface area is 226 Å². The molecule has 0 radical (unpaired) electrons. The van der Waals surface area contributed by atoms with Crippen LogP contribution < -0.4 is 20.9 Å². The number of nitrogens with zero attached hydrogens (tertiary/aromatic N) is 1. The number of aromatic nitrogens is 2. The summed E-state index contributed by atoms with van der Waals surface area (Å²) in [4.78, 5) is 24.9. The summed E-state index contributed by atoms with van der Waals surface area (Å²) in [6.07, 6.45) is 3.51. The summed E-state index contributed by atoms with van der Waals surface area (Å²) >= 11 is 0. The van der Waals surface area contributed by atoms with Gasteiger partial charge in [0.1, 0.15) is 18.1 Å². The van der Waals surface area contributed by atoms with Crippen molar-refractivity contribution in [1.29, 1.82) is 0 Å². The Balaban J connectivity index is 1.25. The lowest BCUT2D eigenvalue weighted by Gasteiger charge is -2.36. The quantitative estimate of drug-likeness (QED) is 0.298. The molecule has 0 saturated heterocycles. The molecule has 204 valence electrons. The lowest BCUT2D eigenvalue weighted by Crippen LogP contribution is -2.38. The SMILES string of the molecule is Cc1cc(OCCC2(O)CCC2)cc(C)c1-c1cccc(COc2ccc(Cn3oc(=O)[nH]c3=O)cc2)c1C. The molecule has 0 unspecified atom stereocenters. The summed E-state index contributed by atoms with van der Waals surface area (Å²) in [5.74, 6) is 0.764. The number of H-pyrrole nitrogens is 1. The molecule has 0 aliphatic heterocycles. The van der Waals surface area contributed by atoms with Crippen LogP contribution >= 0.6 is 0 Å². The molecule has 2 N–H and O–H groups in total. The highest BCUT2D eigenvalue weighted by Gasteiger charge is 2.33. The Morgan fingerprint density at radius 2 is 1.69 bits per heavy atom. The lowest BCUT2D eigenvalue weighted by atomic mass is 9.78. The molecular formula is C31H34N2O6. The van der Waals surface area contributed by atoms with Crippen LogP contribution in [0.1, 0.15) is 53.5 Å². The fraction of sp³-hybridized carbons (Fsp3) is 0.355. The maximum Gasteiger partial charge on any atom is 0.440 e. The molecular weight excluding hydrogens is 496 g/mol. The minimum absolute atomic E-state index is 0.156. The van der Waals surface area contributed by atoms with Crippen LogP contribution in [0.3, 0.4) is 0 Å². The lowest BCUT2D eigenvalue weighted by molar-refractivity contribution is -0.0482. The zero-order valence-corrected chi connectivity index (χ0v) is 22.6. The molecule has 3 aromatic carbocycles. The Morgan fingerprint density at radius 1 is 0.974 bits per heavy atom. The van der Waals surface area contributed by atoms with Crippen LogP contribution in [-0.4, -0.2) is 27.0 Å². The highest BCUT2D eigenvalue weighted by Crippen LogP contribution is 2.36. The largest absolute Gasteiger partial charge is 0.493 e. The van der Waals surface area contributed by atoms with Gasteiger partial charge < -0.3 is 19.1 Å². The number of nitrogens with one attached hydrogen (secondary N) is 1. The monoisotopic (exact) mass is 530 g/mol. The highest BCUT2D eigenvalue weighted by molar-refractivity contribution is 5.75. The summed E-state index contributed by atoms with van der Waals surface area (Å²) in [5.41, 5.74) is 6.57. The number of ether oxygens (including phenoxy) is 2. The van der Waals surface area contributed by atoms with E-state index in [0.717, 1.165) is 63.1 Å². The number of benzene rings is 3.